The van der Waals surface area contributed by atoms with Gasteiger partial charge in [-0.1, -0.05) is 18.2 Å². The Kier molecular flexibility index (Phi) is 5.96. The van der Waals surface area contributed by atoms with Gasteiger partial charge >= 0.3 is 0 Å². The molecular formula is C17H21NO3S2. The Morgan fingerprint density at radius 2 is 1.91 bits per heavy atom. The molecular weight excluding hydrogens is 330 g/mol. The monoisotopic (exact) mass is 351 g/mol. The first kappa shape index (κ1) is 17.7. The van der Waals surface area contributed by atoms with Gasteiger partial charge in [-0.25, -0.2) is 8.42 Å². The summed E-state index contributed by atoms with van der Waals surface area (Å²) in [4.78, 5) is 13.6. The Morgan fingerprint density at radius 1 is 1.22 bits per heavy atom. The van der Waals surface area contributed by atoms with Gasteiger partial charge in [-0.05, 0) is 48.9 Å². The zero-order chi connectivity index (χ0) is 16.9. The highest BCUT2D eigenvalue weighted by molar-refractivity contribution is 7.90. The smallest absolute Gasteiger partial charge is 0.220 e. The van der Waals surface area contributed by atoms with E-state index in [1.807, 2.05) is 18.4 Å². The number of sulfone groups is 1. The van der Waals surface area contributed by atoms with Gasteiger partial charge in [0.1, 0.15) is 0 Å². The average Bonchev–Trinajstić information content (AvgIpc) is 2.99. The minimum absolute atomic E-state index is 0.0150. The number of hydrogen-bond acceptors (Lipinski definition) is 4. The molecule has 0 saturated heterocycles. The van der Waals surface area contributed by atoms with Gasteiger partial charge in [0, 0.05) is 17.6 Å². The maximum absolute atomic E-state index is 12.0. The van der Waals surface area contributed by atoms with Gasteiger partial charge in [0.25, 0.3) is 0 Å². The van der Waals surface area contributed by atoms with E-state index in [0.29, 0.717) is 6.42 Å². The van der Waals surface area contributed by atoms with Crippen LogP contribution in [0.4, 0.5) is 0 Å². The van der Waals surface area contributed by atoms with Crippen molar-refractivity contribution in [3.63, 3.8) is 0 Å². The van der Waals surface area contributed by atoms with Crippen molar-refractivity contribution in [2.24, 2.45) is 0 Å². The number of carbonyl (C=O) groups is 1. The van der Waals surface area contributed by atoms with E-state index >= 15 is 0 Å². The molecule has 1 amide bonds. The highest BCUT2D eigenvalue weighted by atomic mass is 32.2. The van der Waals surface area contributed by atoms with E-state index in [1.54, 1.807) is 35.6 Å². The van der Waals surface area contributed by atoms with Crippen molar-refractivity contribution in [3.05, 3.63) is 52.2 Å². The Hall–Kier alpha value is -1.66. The standard InChI is InChI=1S/C17H21NO3S2/c1-13(14-8-10-16(11-9-14)23(2,20)21)18-17(19)7-3-5-15-6-4-12-22-15/h4,6,8-13H,3,5,7H2,1-2H3,(H,18,19)/t13-/m0/s1. The Morgan fingerprint density at radius 3 is 2.48 bits per heavy atom. The molecule has 124 valence electrons. The number of benzene rings is 1. The van der Waals surface area contributed by atoms with Crippen LogP contribution in [0.5, 0.6) is 0 Å². The van der Waals surface area contributed by atoms with Gasteiger partial charge in [-0.2, -0.15) is 0 Å². The van der Waals surface area contributed by atoms with Gasteiger partial charge in [-0.15, -0.1) is 11.3 Å². The lowest BCUT2D eigenvalue weighted by atomic mass is 10.1. The molecule has 1 N–H and O–H groups in total. The second kappa shape index (κ2) is 7.75. The van der Waals surface area contributed by atoms with Crippen LogP contribution in [0.2, 0.25) is 0 Å². The summed E-state index contributed by atoms with van der Waals surface area (Å²) in [5.41, 5.74) is 0.893. The van der Waals surface area contributed by atoms with E-state index in [9.17, 15) is 13.2 Å². The van der Waals surface area contributed by atoms with Crippen LogP contribution in [0.25, 0.3) is 0 Å². The third kappa shape index (κ3) is 5.48. The van der Waals surface area contributed by atoms with Crippen molar-refractivity contribution in [1.82, 2.24) is 5.32 Å². The molecule has 0 aliphatic rings. The fraction of sp³-hybridized carbons (Fsp3) is 0.353. The summed E-state index contributed by atoms with van der Waals surface area (Å²) in [5, 5.41) is 4.99. The van der Waals surface area contributed by atoms with E-state index in [4.69, 9.17) is 0 Å². The van der Waals surface area contributed by atoms with Gasteiger partial charge in [0.15, 0.2) is 9.84 Å². The molecule has 23 heavy (non-hydrogen) atoms. The summed E-state index contributed by atoms with van der Waals surface area (Å²) < 4.78 is 22.9. The molecule has 1 heterocycles. The maximum atomic E-state index is 12.0. The van der Waals surface area contributed by atoms with Gasteiger partial charge < -0.3 is 5.32 Å². The predicted molar refractivity (Wildman–Crippen MR) is 93.4 cm³/mol. The molecule has 2 aromatic rings. The molecule has 0 saturated carbocycles. The molecule has 1 aromatic heterocycles. The van der Waals surface area contributed by atoms with Crippen LogP contribution in [-0.2, 0) is 21.1 Å². The molecule has 1 atom stereocenters. The van der Waals surface area contributed by atoms with E-state index in [2.05, 4.69) is 11.4 Å². The quantitative estimate of drug-likeness (QED) is 0.832. The number of rotatable bonds is 7. The molecule has 6 heteroatoms. The summed E-state index contributed by atoms with van der Waals surface area (Å²) >= 11 is 1.71. The third-order valence-corrected chi connectivity index (χ3v) is 5.66. The minimum atomic E-state index is -3.19. The first-order valence-electron chi connectivity index (χ1n) is 7.48. The maximum Gasteiger partial charge on any atom is 0.220 e. The summed E-state index contributed by atoms with van der Waals surface area (Å²) in [7, 11) is -3.19. The zero-order valence-electron chi connectivity index (χ0n) is 13.3. The molecule has 0 bridgehead atoms. The lowest BCUT2D eigenvalue weighted by Gasteiger charge is -2.14. The highest BCUT2D eigenvalue weighted by Crippen LogP contribution is 2.17. The fourth-order valence-electron chi connectivity index (χ4n) is 2.28. The molecule has 0 aliphatic heterocycles. The lowest BCUT2D eigenvalue weighted by Crippen LogP contribution is -2.26. The van der Waals surface area contributed by atoms with Crippen molar-refractivity contribution in [2.75, 3.05) is 6.26 Å². The number of hydrogen-bond donors (Lipinski definition) is 1. The van der Waals surface area contributed by atoms with Gasteiger partial charge in [0.2, 0.25) is 5.91 Å². The van der Waals surface area contributed by atoms with E-state index in [-0.39, 0.29) is 16.8 Å². The van der Waals surface area contributed by atoms with Gasteiger partial charge in [-0.3, -0.25) is 4.79 Å². The van der Waals surface area contributed by atoms with Crippen LogP contribution in [0, 0.1) is 0 Å². The van der Waals surface area contributed by atoms with Crippen LogP contribution in [-0.4, -0.2) is 20.6 Å². The number of amides is 1. The minimum Gasteiger partial charge on any atom is -0.350 e. The van der Waals surface area contributed by atoms with Crippen molar-refractivity contribution in [2.45, 2.75) is 37.1 Å². The molecule has 2 rings (SSSR count). The van der Waals surface area contributed by atoms with Gasteiger partial charge in [0.05, 0.1) is 10.9 Å². The Labute approximate surface area is 141 Å². The van der Waals surface area contributed by atoms with Crippen molar-refractivity contribution >= 4 is 27.1 Å². The fourth-order valence-corrected chi connectivity index (χ4v) is 3.66. The summed E-state index contributed by atoms with van der Waals surface area (Å²) in [6.07, 6.45) is 3.42. The van der Waals surface area contributed by atoms with Crippen molar-refractivity contribution < 1.29 is 13.2 Å². The number of nitrogens with one attached hydrogen (secondary N) is 1. The van der Waals surface area contributed by atoms with Crippen molar-refractivity contribution in [1.29, 1.82) is 0 Å². The molecule has 0 unspecified atom stereocenters. The van der Waals surface area contributed by atoms with Crippen LogP contribution in [0.15, 0.2) is 46.7 Å². The summed E-state index contributed by atoms with van der Waals surface area (Å²) in [6, 6.07) is 10.6. The predicted octanol–water partition coefficient (Wildman–Crippen LogP) is 3.35. The van der Waals surface area contributed by atoms with Crippen LogP contribution in [0.3, 0.4) is 0 Å². The summed E-state index contributed by atoms with van der Waals surface area (Å²) in [5.74, 6) is 0.0150. The summed E-state index contributed by atoms with van der Waals surface area (Å²) in [6.45, 7) is 1.90. The largest absolute Gasteiger partial charge is 0.350 e. The topological polar surface area (TPSA) is 63.2 Å². The first-order chi connectivity index (χ1) is 10.9. The molecule has 0 radical (unpaired) electrons. The zero-order valence-corrected chi connectivity index (χ0v) is 14.9. The van der Waals surface area contributed by atoms with Crippen molar-refractivity contribution in [3.8, 4) is 0 Å². The Balaban J connectivity index is 1.83. The van der Waals surface area contributed by atoms with E-state index in [1.165, 1.54) is 11.1 Å². The average molecular weight is 351 g/mol. The first-order valence-corrected chi connectivity index (χ1v) is 10.2. The second-order valence-electron chi connectivity index (χ2n) is 5.56. The number of aryl methyl sites for hydroxylation is 1. The second-order valence-corrected chi connectivity index (χ2v) is 8.61. The molecule has 1 aromatic carbocycles. The Bertz CT molecular complexity index is 735. The molecule has 4 nitrogen and oxygen atoms in total. The van der Waals surface area contributed by atoms with Crippen LogP contribution in [0.1, 0.15) is 36.2 Å². The third-order valence-electron chi connectivity index (χ3n) is 3.59. The van der Waals surface area contributed by atoms with Crippen LogP contribution >= 0.6 is 11.3 Å². The molecule has 0 fully saturated rings. The lowest BCUT2D eigenvalue weighted by molar-refractivity contribution is -0.121. The molecule has 0 spiro atoms. The normalized spacial score (nSPS) is 12.8. The number of carbonyl (C=O) groups excluding carboxylic acids is 1. The number of thiophene rings is 1. The van der Waals surface area contributed by atoms with E-state index < -0.39 is 9.84 Å². The highest BCUT2D eigenvalue weighted by Gasteiger charge is 2.11. The van der Waals surface area contributed by atoms with E-state index in [0.717, 1.165) is 18.4 Å². The van der Waals surface area contributed by atoms with Crippen LogP contribution < -0.4 is 5.32 Å². The SMILES string of the molecule is C[C@H](NC(=O)CCCc1cccs1)c1ccc(S(C)(=O)=O)cc1. The molecule has 0 aliphatic carbocycles.